The molecule has 2 saturated heterocycles. The maximum atomic E-state index is 12.7. The average Bonchev–Trinajstić information content (AvgIpc) is 3.29. The van der Waals surface area contributed by atoms with Gasteiger partial charge in [-0.15, -0.1) is 5.10 Å². The molecule has 1 amide bonds. The molecule has 0 bridgehead atoms. The van der Waals surface area contributed by atoms with Crippen molar-refractivity contribution in [3.63, 3.8) is 0 Å². The Morgan fingerprint density at radius 2 is 2.22 bits per heavy atom. The summed E-state index contributed by atoms with van der Waals surface area (Å²) in [5.74, 6) is 0.201. The highest BCUT2D eigenvalue weighted by Gasteiger charge is 2.51. The predicted molar refractivity (Wildman–Crippen MR) is 78.9 cm³/mol. The SMILES string of the molecule is O=C(c1ccc(-n2cnnn2)cc1)N1C[C@H]2COC[C@@]2(CO)C1. The number of likely N-dealkylation sites (tertiary alicyclic amines) is 1. The van der Waals surface area contributed by atoms with Crippen LogP contribution in [0.15, 0.2) is 30.6 Å². The number of hydrogen-bond acceptors (Lipinski definition) is 6. The van der Waals surface area contributed by atoms with Gasteiger partial charge in [-0.25, -0.2) is 4.68 Å². The second kappa shape index (κ2) is 5.39. The Bertz CT molecular complexity index is 702. The van der Waals surface area contributed by atoms with Gasteiger partial charge in [0.2, 0.25) is 0 Å². The molecule has 2 fully saturated rings. The summed E-state index contributed by atoms with van der Waals surface area (Å²) in [4.78, 5) is 14.5. The summed E-state index contributed by atoms with van der Waals surface area (Å²) in [7, 11) is 0. The van der Waals surface area contributed by atoms with Crippen LogP contribution in [0.1, 0.15) is 10.4 Å². The first-order chi connectivity index (χ1) is 11.2. The van der Waals surface area contributed by atoms with Crippen molar-refractivity contribution in [2.45, 2.75) is 0 Å². The zero-order valence-corrected chi connectivity index (χ0v) is 12.5. The third-order valence-corrected chi connectivity index (χ3v) is 4.85. The van der Waals surface area contributed by atoms with Gasteiger partial charge in [0.05, 0.1) is 25.5 Å². The first kappa shape index (κ1) is 14.3. The number of ether oxygens (including phenoxy) is 1. The van der Waals surface area contributed by atoms with Gasteiger partial charge in [-0.1, -0.05) is 0 Å². The molecule has 1 aromatic heterocycles. The van der Waals surface area contributed by atoms with Gasteiger partial charge in [-0.2, -0.15) is 0 Å². The molecule has 8 heteroatoms. The Hall–Kier alpha value is -2.32. The second-order valence-corrected chi connectivity index (χ2v) is 6.22. The molecule has 120 valence electrons. The molecular formula is C15H17N5O3. The van der Waals surface area contributed by atoms with Gasteiger partial charge in [0, 0.05) is 30.0 Å². The number of tetrazole rings is 1. The van der Waals surface area contributed by atoms with Crippen LogP contribution < -0.4 is 0 Å². The third-order valence-electron chi connectivity index (χ3n) is 4.85. The van der Waals surface area contributed by atoms with Crippen LogP contribution in [0.4, 0.5) is 0 Å². The normalized spacial score (nSPS) is 26.5. The first-order valence-corrected chi connectivity index (χ1v) is 7.53. The Kier molecular flexibility index (Phi) is 3.35. The summed E-state index contributed by atoms with van der Waals surface area (Å²) in [5.41, 5.74) is 1.13. The van der Waals surface area contributed by atoms with Crippen molar-refractivity contribution in [3.8, 4) is 5.69 Å². The molecule has 2 aromatic rings. The number of amides is 1. The van der Waals surface area contributed by atoms with Crippen LogP contribution >= 0.6 is 0 Å². The zero-order valence-electron chi connectivity index (χ0n) is 12.5. The van der Waals surface area contributed by atoms with E-state index in [0.717, 1.165) is 5.69 Å². The molecule has 2 aliphatic heterocycles. The number of rotatable bonds is 3. The van der Waals surface area contributed by atoms with Crippen molar-refractivity contribution in [3.05, 3.63) is 36.2 Å². The molecule has 0 spiro atoms. The second-order valence-electron chi connectivity index (χ2n) is 6.22. The van der Waals surface area contributed by atoms with Crippen LogP contribution in [0.3, 0.4) is 0 Å². The Labute approximate surface area is 132 Å². The van der Waals surface area contributed by atoms with Gasteiger partial charge in [-0.05, 0) is 34.7 Å². The molecule has 23 heavy (non-hydrogen) atoms. The summed E-state index contributed by atoms with van der Waals surface area (Å²) < 4.78 is 7.01. The molecule has 2 atom stereocenters. The van der Waals surface area contributed by atoms with Crippen molar-refractivity contribution in [1.29, 1.82) is 0 Å². The molecule has 0 aliphatic carbocycles. The number of hydrogen-bond donors (Lipinski definition) is 1. The lowest BCUT2D eigenvalue weighted by atomic mass is 9.82. The number of aliphatic hydroxyl groups excluding tert-OH is 1. The summed E-state index contributed by atoms with van der Waals surface area (Å²) in [6, 6.07) is 7.17. The van der Waals surface area contributed by atoms with E-state index in [4.69, 9.17) is 4.74 Å². The Balaban J connectivity index is 1.52. The molecular weight excluding hydrogens is 298 g/mol. The summed E-state index contributed by atoms with van der Waals surface area (Å²) in [5, 5.41) is 20.7. The van der Waals surface area contributed by atoms with E-state index in [0.29, 0.717) is 31.9 Å². The van der Waals surface area contributed by atoms with E-state index in [-0.39, 0.29) is 23.8 Å². The van der Waals surface area contributed by atoms with Gasteiger partial charge in [0.25, 0.3) is 5.91 Å². The monoisotopic (exact) mass is 315 g/mol. The van der Waals surface area contributed by atoms with E-state index in [1.165, 1.54) is 11.0 Å². The highest BCUT2D eigenvalue weighted by atomic mass is 16.5. The number of benzene rings is 1. The van der Waals surface area contributed by atoms with Crippen molar-refractivity contribution in [1.82, 2.24) is 25.1 Å². The van der Waals surface area contributed by atoms with E-state index in [9.17, 15) is 9.90 Å². The predicted octanol–water partition coefficient (Wildman–Crippen LogP) is -0.257. The van der Waals surface area contributed by atoms with E-state index in [2.05, 4.69) is 15.5 Å². The third kappa shape index (κ3) is 2.30. The van der Waals surface area contributed by atoms with Gasteiger partial charge >= 0.3 is 0 Å². The molecule has 4 rings (SSSR count). The molecule has 0 unspecified atom stereocenters. The topological polar surface area (TPSA) is 93.4 Å². The fourth-order valence-electron chi connectivity index (χ4n) is 3.43. The minimum atomic E-state index is -0.290. The lowest BCUT2D eigenvalue weighted by Crippen LogP contribution is -2.36. The lowest BCUT2D eigenvalue weighted by Gasteiger charge is -2.24. The molecule has 0 radical (unpaired) electrons. The number of aliphatic hydroxyl groups is 1. The van der Waals surface area contributed by atoms with Crippen molar-refractivity contribution in [2.24, 2.45) is 11.3 Å². The maximum absolute atomic E-state index is 12.7. The minimum Gasteiger partial charge on any atom is -0.396 e. The van der Waals surface area contributed by atoms with Crippen LogP contribution in [-0.4, -0.2) is 69.0 Å². The Morgan fingerprint density at radius 3 is 2.87 bits per heavy atom. The quantitative estimate of drug-likeness (QED) is 0.839. The van der Waals surface area contributed by atoms with Crippen LogP contribution in [0.2, 0.25) is 0 Å². The fourth-order valence-corrected chi connectivity index (χ4v) is 3.43. The highest BCUT2D eigenvalue weighted by Crippen LogP contribution is 2.41. The standard InChI is InChI=1S/C15H17N5O3/c21-8-15-7-19(5-12(15)6-23-9-15)14(22)11-1-3-13(4-2-11)20-10-16-17-18-20/h1-4,10,12,21H,5-9H2/t12-,15-/m0/s1. The van der Waals surface area contributed by atoms with Crippen LogP contribution in [0.25, 0.3) is 5.69 Å². The minimum absolute atomic E-state index is 0.0181. The van der Waals surface area contributed by atoms with Crippen LogP contribution in [0, 0.1) is 11.3 Å². The molecule has 1 aromatic carbocycles. The molecule has 1 N–H and O–H groups in total. The zero-order chi connectivity index (χ0) is 15.9. The molecule has 3 heterocycles. The van der Waals surface area contributed by atoms with E-state index >= 15 is 0 Å². The fraction of sp³-hybridized carbons (Fsp3) is 0.467. The summed E-state index contributed by atoms with van der Waals surface area (Å²) in [6.45, 7) is 2.37. The van der Waals surface area contributed by atoms with E-state index in [1.807, 2.05) is 17.0 Å². The smallest absolute Gasteiger partial charge is 0.253 e. The van der Waals surface area contributed by atoms with Gasteiger partial charge in [0.1, 0.15) is 6.33 Å². The lowest BCUT2D eigenvalue weighted by molar-refractivity contribution is 0.0631. The largest absolute Gasteiger partial charge is 0.396 e. The van der Waals surface area contributed by atoms with Crippen molar-refractivity contribution in [2.75, 3.05) is 32.9 Å². The highest BCUT2D eigenvalue weighted by molar-refractivity contribution is 5.94. The van der Waals surface area contributed by atoms with E-state index < -0.39 is 0 Å². The number of fused-ring (bicyclic) bond motifs is 1. The number of carbonyl (C=O) groups excluding carboxylic acids is 1. The van der Waals surface area contributed by atoms with Gasteiger partial charge in [-0.3, -0.25) is 4.79 Å². The van der Waals surface area contributed by atoms with Crippen molar-refractivity contribution >= 4 is 5.91 Å². The van der Waals surface area contributed by atoms with E-state index in [1.54, 1.807) is 12.1 Å². The molecule has 8 nitrogen and oxygen atoms in total. The molecule has 0 saturated carbocycles. The maximum Gasteiger partial charge on any atom is 0.253 e. The number of aromatic nitrogens is 4. The van der Waals surface area contributed by atoms with Crippen LogP contribution in [0.5, 0.6) is 0 Å². The van der Waals surface area contributed by atoms with Crippen molar-refractivity contribution < 1.29 is 14.6 Å². The Morgan fingerprint density at radius 1 is 1.39 bits per heavy atom. The average molecular weight is 315 g/mol. The van der Waals surface area contributed by atoms with Crippen LogP contribution in [-0.2, 0) is 4.74 Å². The number of nitrogens with zero attached hydrogens (tertiary/aromatic N) is 5. The molecule has 2 aliphatic rings. The first-order valence-electron chi connectivity index (χ1n) is 7.53. The van der Waals surface area contributed by atoms with Gasteiger partial charge < -0.3 is 14.7 Å². The summed E-state index contributed by atoms with van der Waals surface area (Å²) >= 11 is 0. The summed E-state index contributed by atoms with van der Waals surface area (Å²) in [6.07, 6.45) is 1.50. The number of carbonyl (C=O) groups is 1. The van der Waals surface area contributed by atoms with Gasteiger partial charge in [0.15, 0.2) is 0 Å².